The van der Waals surface area contributed by atoms with E-state index in [2.05, 4.69) is 21.2 Å². The van der Waals surface area contributed by atoms with E-state index in [0.29, 0.717) is 5.56 Å². The number of hydrogen-bond acceptors (Lipinski definition) is 4. The SMILES string of the molecule is O=C(O)[C@H]1NCCN(C(=O)c2ccc3cc(Br)c4ccccc4c3c2)[C@H]1C(=O)O. The fraction of sp³-hybridized carbons (Fsp3) is 0.190. The van der Waals surface area contributed by atoms with E-state index in [9.17, 15) is 24.6 Å². The largest absolute Gasteiger partial charge is 0.480 e. The highest BCUT2D eigenvalue weighted by atomic mass is 79.9. The molecule has 1 amide bonds. The van der Waals surface area contributed by atoms with Crippen LogP contribution < -0.4 is 5.32 Å². The second-order valence-corrected chi connectivity index (χ2v) is 7.75. The minimum absolute atomic E-state index is 0.110. The van der Waals surface area contributed by atoms with Gasteiger partial charge in [0.1, 0.15) is 6.04 Å². The quantitative estimate of drug-likeness (QED) is 0.523. The third-order valence-corrected chi connectivity index (χ3v) is 5.86. The van der Waals surface area contributed by atoms with Gasteiger partial charge in [0.05, 0.1) is 0 Å². The number of carbonyl (C=O) groups is 3. The van der Waals surface area contributed by atoms with Gasteiger partial charge in [-0.05, 0) is 39.7 Å². The van der Waals surface area contributed by atoms with Crippen LogP contribution in [0.25, 0.3) is 21.5 Å². The van der Waals surface area contributed by atoms with Crippen molar-refractivity contribution in [3.63, 3.8) is 0 Å². The van der Waals surface area contributed by atoms with Crippen molar-refractivity contribution in [3.8, 4) is 0 Å². The van der Waals surface area contributed by atoms with Crippen LogP contribution in [0.3, 0.4) is 0 Å². The van der Waals surface area contributed by atoms with Crippen LogP contribution in [0, 0.1) is 0 Å². The lowest BCUT2D eigenvalue weighted by Crippen LogP contribution is -2.65. The van der Waals surface area contributed by atoms with Crippen molar-refractivity contribution in [1.82, 2.24) is 10.2 Å². The lowest BCUT2D eigenvalue weighted by molar-refractivity contribution is -0.152. The van der Waals surface area contributed by atoms with Gasteiger partial charge in [-0.3, -0.25) is 9.59 Å². The van der Waals surface area contributed by atoms with E-state index < -0.39 is 29.9 Å². The molecule has 3 aromatic rings. The molecule has 148 valence electrons. The summed E-state index contributed by atoms with van der Waals surface area (Å²) in [5.74, 6) is -3.16. The lowest BCUT2D eigenvalue weighted by atomic mass is 9.98. The zero-order valence-electron chi connectivity index (χ0n) is 15.1. The molecule has 0 aromatic heterocycles. The van der Waals surface area contributed by atoms with Crippen LogP contribution in [0.5, 0.6) is 0 Å². The molecule has 3 aromatic carbocycles. The van der Waals surface area contributed by atoms with Gasteiger partial charge in [0.25, 0.3) is 5.91 Å². The summed E-state index contributed by atoms with van der Waals surface area (Å²) < 4.78 is 0.942. The van der Waals surface area contributed by atoms with Crippen molar-refractivity contribution < 1.29 is 24.6 Å². The molecule has 1 aliphatic rings. The molecule has 2 atom stereocenters. The molecule has 1 aliphatic heterocycles. The van der Waals surface area contributed by atoms with E-state index in [4.69, 9.17) is 0 Å². The number of hydrogen-bond donors (Lipinski definition) is 3. The van der Waals surface area contributed by atoms with Crippen LogP contribution in [0.4, 0.5) is 0 Å². The third-order valence-electron chi connectivity index (χ3n) is 5.21. The maximum Gasteiger partial charge on any atom is 0.328 e. The van der Waals surface area contributed by atoms with Crippen molar-refractivity contribution in [1.29, 1.82) is 0 Å². The van der Waals surface area contributed by atoms with E-state index in [0.717, 1.165) is 30.9 Å². The first kappa shape index (κ1) is 19.4. The fourth-order valence-electron chi connectivity index (χ4n) is 3.85. The summed E-state index contributed by atoms with van der Waals surface area (Å²) in [6.07, 6.45) is 0. The summed E-state index contributed by atoms with van der Waals surface area (Å²) in [5.41, 5.74) is 0.322. The van der Waals surface area contributed by atoms with Gasteiger partial charge in [0.2, 0.25) is 0 Å². The van der Waals surface area contributed by atoms with Crippen LogP contribution in [0.1, 0.15) is 10.4 Å². The molecule has 1 heterocycles. The van der Waals surface area contributed by atoms with Crippen molar-refractivity contribution in [2.75, 3.05) is 13.1 Å². The van der Waals surface area contributed by atoms with E-state index in [1.165, 1.54) is 0 Å². The zero-order valence-corrected chi connectivity index (χ0v) is 16.7. The number of nitrogens with zero attached hydrogens (tertiary/aromatic N) is 1. The average Bonchev–Trinajstić information content (AvgIpc) is 2.72. The Hall–Kier alpha value is -2.97. The molecule has 1 fully saturated rings. The first-order chi connectivity index (χ1) is 13.9. The van der Waals surface area contributed by atoms with Gasteiger partial charge >= 0.3 is 11.9 Å². The number of nitrogens with one attached hydrogen (secondary N) is 1. The lowest BCUT2D eigenvalue weighted by Gasteiger charge is -2.37. The van der Waals surface area contributed by atoms with Gasteiger partial charge in [-0.2, -0.15) is 0 Å². The van der Waals surface area contributed by atoms with Crippen LogP contribution in [-0.2, 0) is 9.59 Å². The van der Waals surface area contributed by atoms with Gasteiger partial charge in [0.15, 0.2) is 6.04 Å². The van der Waals surface area contributed by atoms with E-state index in [1.54, 1.807) is 12.1 Å². The number of halogens is 1. The first-order valence-corrected chi connectivity index (χ1v) is 9.79. The summed E-state index contributed by atoms with van der Waals surface area (Å²) in [6.45, 7) is 0.314. The monoisotopic (exact) mass is 456 g/mol. The minimum Gasteiger partial charge on any atom is -0.480 e. The van der Waals surface area contributed by atoms with Crippen molar-refractivity contribution in [2.45, 2.75) is 12.1 Å². The Morgan fingerprint density at radius 1 is 0.966 bits per heavy atom. The number of carbonyl (C=O) groups excluding carboxylic acids is 1. The predicted molar refractivity (Wildman–Crippen MR) is 111 cm³/mol. The predicted octanol–water partition coefficient (Wildman–Crippen LogP) is 2.71. The Labute approximate surface area is 174 Å². The topological polar surface area (TPSA) is 107 Å². The molecule has 0 bridgehead atoms. The molecule has 0 radical (unpaired) electrons. The third kappa shape index (κ3) is 3.34. The van der Waals surface area contributed by atoms with Crippen LogP contribution in [-0.4, -0.2) is 58.1 Å². The maximum atomic E-state index is 13.2. The Balaban J connectivity index is 1.80. The molecule has 0 saturated carbocycles. The highest BCUT2D eigenvalue weighted by Crippen LogP contribution is 2.32. The number of piperazine rings is 1. The first-order valence-electron chi connectivity index (χ1n) is 8.99. The molecule has 7 nitrogen and oxygen atoms in total. The molecule has 4 rings (SSSR count). The highest BCUT2D eigenvalue weighted by Gasteiger charge is 2.43. The summed E-state index contributed by atoms with van der Waals surface area (Å²) >= 11 is 3.57. The van der Waals surface area contributed by atoms with Crippen LogP contribution in [0.15, 0.2) is 53.0 Å². The number of rotatable bonds is 3. The molecule has 0 aliphatic carbocycles. The molecular weight excluding hydrogens is 440 g/mol. The van der Waals surface area contributed by atoms with E-state index in [-0.39, 0.29) is 13.1 Å². The van der Waals surface area contributed by atoms with E-state index >= 15 is 0 Å². The van der Waals surface area contributed by atoms with Crippen LogP contribution >= 0.6 is 15.9 Å². The maximum absolute atomic E-state index is 13.2. The second kappa shape index (κ2) is 7.46. The number of benzene rings is 3. The number of amides is 1. The summed E-state index contributed by atoms with van der Waals surface area (Å²) in [5, 5.41) is 25.3. The highest BCUT2D eigenvalue weighted by molar-refractivity contribution is 9.10. The number of carboxylic acid groups (broad SMARTS) is 2. The van der Waals surface area contributed by atoms with Crippen molar-refractivity contribution in [2.24, 2.45) is 0 Å². The molecule has 3 N–H and O–H groups in total. The standard InChI is InChI=1S/C21H17BrN2O5/c22-16-10-11-5-6-12(9-15(11)13-3-1-2-4-14(13)16)19(25)24-8-7-23-17(20(26)27)18(24)21(28)29/h1-6,9-10,17-18,23H,7-8H2,(H,26,27)(H,28,29)/t17-,18+/m0/s1. The molecule has 29 heavy (non-hydrogen) atoms. The Kier molecular flexibility index (Phi) is 4.97. The number of fused-ring (bicyclic) bond motifs is 3. The Morgan fingerprint density at radius 2 is 1.69 bits per heavy atom. The van der Waals surface area contributed by atoms with Gasteiger partial charge in [-0.1, -0.05) is 46.3 Å². The molecule has 0 spiro atoms. The Morgan fingerprint density at radius 3 is 2.38 bits per heavy atom. The molecule has 0 unspecified atom stereocenters. The van der Waals surface area contributed by atoms with Gasteiger partial charge in [0, 0.05) is 23.1 Å². The minimum atomic E-state index is -1.48. The molecule has 8 heteroatoms. The number of carboxylic acids is 2. The van der Waals surface area contributed by atoms with Crippen molar-refractivity contribution in [3.05, 3.63) is 58.6 Å². The zero-order chi connectivity index (χ0) is 20.7. The summed E-state index contributed by atoms with van der Waals surface area (Å²) in [7, 11) is 0. The second-order valence-electron chi connectivity index (χ2n) is 6.89. The van der Waals surface area contributed by atoms with E-state index in [1.807, 2.05) is 36.4 Å². The normalized spacial score (nSPS) is 19.4. The van der Waals surface area contributed by atoms with Gasteiger partial charge in [-0.25, -0.2) is 4.79 Å². The van der Waals surface area contributed by atoms with Gasteiger partial charge < -0.3 is 20.4 Å². The Bertz CT molecular complexity index is 1160. The van der Waals surface area contributed by atoms with Gasteiger partial charge in [-0.15, -0.1) is 0 Å². The van der Waals surface area contributed by atoms with Crippen LogP contribution in [0.2, 0.25) is 0 Å². The molecule has 1 saturated heterocycles. The summed E-state index contributed by atoms with van der Waals surface area (Å²) in [6, 6.07) is 12.1. The summed E-state index contributed by atoms with van der Waals surface area (Å²) in [4.78, 5) is 37.5. The van der Waals surface area contributed by atoms with Crippen molar-refractivity contribution >= 4 is 55.3 Å². The number of aliphatic carboxylic acids is 2. The smallest absolute Gasteiger partial charge is 0.328 e. The molecular formula is C21H17BrN2O5. The fourth-order valence-corrected chi connectivity index (χ4v) is 4.44. The average molecular weight is 457 g/mol.